The van der Waals surface area contributed by atoms with Crippen LogP contribution in [-0.2, 0) is 0 Å². The predicted octanol–water partition coefficient (Wildman–Crippen LogP) is 0.680. The fourth-order valence-corrected chi connectivity index (χ4v) is 2.53. The van der Waals surface area contributed by atoms with Crippen molar-refractivity contribution < 1.29 is 0 Å². The summed E-state index contributed by atoms with van der Waals surface area (Å²) in [5.41, 5.74) is 0. The van der Waals surface area contributed by atoms with Gasteiger partial charge in [0, 0.05) is 19.1 Å². The molecule has 2 heterocycles. The Morgan fingerprint density at radius 3 is 2.92 bits per heavy atom. The van der Waals surface area contributed by atoms with Crippen LogP contribution in [0.15, 0.2) is 0 Å². The van der Waals surface area contributed by atoms with E-state index in [1.165, 1.54) is 32.4 Å². The highest BCUT2D eigenvalue weighted by Crippen LogP contribution is 2.20. The average Bonchev–Trinajstić information content (AvgIpc) is 2.46. The summed E-state index contributed by atoms with van der Waals surface area (Å²) in [6, 6.07) is 3.00. The molecular weight excluding hydrogens is 162 g/mol. The lowest BCUT2D eigenvalue weighted by Gasteiger charge is -2.23. The second-order valence-electron chi connectivity index (χ2n) is 4.08. The van der Waals surface area contributed by atoms with Crippen molar-refractivity contribution in [3.63, 3.8) is 0 Å². The van der Waals surface area contributed by atoms with Gasteiger partial charge < -0.3 is 0 Å². The van der Waals surface area contributed by atoms with Crippen LogP contribution < -0.4 is 0 Å². The van der Waals surface area contributed by atoms with Crippen LogP contribution in [0.5, 0.6) is 0 Å². The largest absolute Gasteiger partial charge is 0.299 e. The number of nitriles is 1. The zero-order valence-electron chi connectivity index (χ0n) is 8.08. The quantitative estimate of drug-likeness (QED) is 0.554. The summed E-state index contributed by atoms with van der Waals surface area (Å²) in [5, 5.41) is 8.65. The van der Waals surface area contributed by atoms with Gasteiger partial charge >= 0.3 is 0 Å². The summed E-state index contributed by atoms with van der Waals surface area (Å²) in [7, 11) is 0. The molecule has 2 aliphatic heterocycles. The molecule has 72 valence electrons. The van der Waals surface area contributed by atoms with Crippen molar-refractivity contribution in [3.05, 3.63) is 0 Å². The third-order valence-electron chi connectivity index (χ3n) is 3.18. The highest BCUT2D eigenvalue weighted by Gasteiger charge is 2.28. The maximum atomic E-state index is 8.65. The molecule has 0 aromatic heterocycles. The number of hydrogen-bond acceptors (Lipinski definition) is 3. The van der Waals surface area contributed by atoms with Crippen molar-refractivity contribution in [1.82, 2.24) is 9.80 Å². The summed E-state index contributed by atoms with van der Waals surface area (Å²) in [6.45, 7) is 5.37. The Kier molecular flexibility index (Phi) is 2.82. The molecule has 0 amide bonds. The number of hydrogen-bond donors (Lipinski definition) is 0. The van der Waals surface area contributed by atoms with Crippen LogP contribution in [0.25, 0.3) is 0 Å². The van der Waals surface area contributed by atoms with Gasteiger partial charge in [-0.05, 0) is 32.4 Å². The molecule has 3 nitrogen and oxygen atoms in total. The molecule has 0 N–H and O–H groups in total. The fourth-order valence-electron chi connectivity index (χ4n) is 2.53. The predicted molar refractivity (Wildman–Crippen MR) is 51.3 cm³/mol. The molecule has 2 saturated heterocycles. The molecule has 0 bridgehead atoms. The van der Waals surface area contributed by atoms with E-state index < -0.39 is 0 Å². The zero-order valence-corrected chi connectivity index (χ0v) is 8.08. The second-order valence-corrected chi connectivity index (χ2v) is 4.08. The van der Waals surface area contributed by atoms with E-state index >= 15 is 0 Å². The van der Waals surface area contributed by atoms with Crippen LogP contribution >= 0.6 is 0 Å². The molecule has 0 saturated carbocycles. The molecule has 0 radical (unpaired) electrons. The fraction of sp³-hybridized carbons (Fsp3) is 0.900. The summed E-state index contributed by atoms with van der Waals surface area (Å²) in [6.07, 6.45) is 3.92. The van der Waals surface area contributed by atoms with Gasteiger partial charge in [0.1, 0.15) is 0 Å². The maximum Gasteiger partial charge on any atom is 0.0866 e. The standard InChI is InChI=1S/C10H17N3/c11-4-8-12-5-2-7-13-6-1-3-10(13)9-12/h10H,1-3,5-9H2. The van der Waals surface area contributed by atoms with Gasteiger partial charge in [0.15, 0.2) is 0 Å². The van der Waals surface area contributed by atoms with Crippen LogP contribution in [0.1, 0.15) is 19.3 Å². The first kappa shape index (κ1) is 8.98. The van der Waals surface area contributed by atoms with Gasteiger partial charge in [-0.3, -0.25) is 9.80 Å². The minimum absolute atomic E-state index is 0.615. The SMILES string of the molecule is N#CCN1CCCN2CCCC2C1. The second kappa shape index (κ2) is 4.08. The Morgan fingerprint density at radius 2 is 2.08 bits per heavy atom. The average molecular weight is 179 g/mol. The van der Waals surface area contributed by atoms with Gasteiger partial charge in [-0.25, -0.2) is 0 Å². The zero-order chi connectivity index (χ0) is 9.10. The van der Waals surface area contributed by atoms with Crippen LogP contribution in [0.4, 0.5) is 0 Å². The molecule has 2 rings (SSSR count). The molecular formula is C10H17N3. The smallest absolute Gasteiger partial charge is 0.0866 e. The summed E-state index contributed by atoms with van der Waals surface area (Å²) in [5.74, 6) is 0. The Labute approximate surface area is 79.9 Å². The Balaban J connectivity index is 1.93. The maximum absolute atomic E-state index is 8.65. The molecule has 0 aromatic rings. The van der Waals surface area contributed by atoms with E-state index in [4.69, 9.17) is 5.26 Å². The van der Waals surface area contributed by atoms with Crippen molar-refractivity contribution in [3.8, 4) is 6.07 Å². The van der Waals surface area contributed by atoms with Crippen molar-refractivity contribution in [2.75, 3.05) is 32.7 Å². The van der Waals surface area contributed by atoms with Crippen molar-refractivity contribution in [1.29, 1.82) is 5.26 Å². The molecule has 1 unspecified atom stereocenters. The third-order valence-corrected chi connectivity index (χ3v) is 3.18. The van der Waals surface area contributed by atoms with Gasteiger partial charge in [-0.15, -0.1) is 0 Å². The van der Waals surface area contributed by atoms with Crippen molar-refractivity contribution >= 4 is 0 Å². The van der Waals surface area contributed by atoms with E-state index in [1.807, 2.05) is 0 Å². The van der Waals surface area contributed by atoms with Gasteiger partial charge in [0.25, 0.3) is 0 Å². The molecule has 0 spiro atoms. The van der Waals surface area contributed by atoms with Gasteiger partial charge in [0.2, 0.25) is 0 Å². The Bertz CT molecular complexity index is 209. The van der Waals surface area contributed by atoms with Crippen LogP contribution in [0.2, 0.25) is 0 Å². The monoisotopic (exact) mass is 179 g/mol. The first-order valence-electron chi connectivity index (χ1n) is 5.23. The Morgan fingerprint density at radius 1 is 1.23 bits per heavy atom. The molecule has 3 heteroatoms. The van der Waals surface area contributed by atoms with Crippen LogP contribution in [0.3, 0.4) is 0 Å². The topological polar surface area (TPSA) is 30.3 Å². The van der Waals surface area contributed by atoms with E-state index in [1.54, 1.807) is 0 Å². The number of nitrogens with zero attached hydrogens (tertiary/aromatic N) is 3. The molecule has 0 aromatic carbocycles. The molecule has 2 aliphatic rings. The van der Waals surface area contributed by atoms with Crippen LogP contribution in [0, 0.1) is 11.3 Å². The minimum Gasteiger partial charge on any atom is -0.299 e. The first-order valence-corrected chi connectivity index (χ1v) is 5.23. The molecule has 1 atom stereocenters. The first-order chi connectivity index (χ1) is 6.40. The van der Waals surface area contributed by atoms with E-state index in [2.05, 4.69) is 15.9 Å². The summed E-state index contributed by atoms with van der Waals surface area (Å²) in [4.78, 5) is 4.90. The lowest BCUT2D eigenvalue weighted by Crippen LogP contribution is -2.36. The molecule has 13 heavy (non-hydrogen) atoms. The third kappa shape index (κ3) is 2.01. The van der Waals surface area contributed by atoms with E-state index in [0.717, 1.165) is 19.1 Å². The molecule has 0 aliphatic carbocycles. The molecule has 2 fully saturated rings. The van der Waals surface area contributed by atoms with Gasteiger partial charge in [-0.2, -0.15) is 5.26 Å². The lowest BCUT2D eigenvalue weighted by atomic mass is 10.2. The lowest BCUT2D eigenvalue weighted by molar-refractivity contribution is 0.232. The normalized spacial score (nSPS) is 30.8. The highest BCUT2D eigenvalue weighted by atomic mass is 15.3. The minimum atomic E-state index is 0.615. The summed E-state index contributed by atoms with van der Waals surface area (Å²) >= 11 is 0. The highest BCUT2D eigenvalue weighted by molar-refractivity contribution is 4.87. The van der Waals surface area contributed by atoms with Gasteiger partial charge in [-0.1, -0.05) is 0 Å². The van der Waals surface area contributed by atoms with E-state index in [-0.39, 0.29) is 0 Å². The van der Waals surface area contributed by atoms with Crippen molar-refractivity contribution in [2.24, 2.45) is 0 Å². The number of rotatable bonds is 1. The van der Waals surface area contributed by atoms with E-state index in [9.17, 15) is 0 Å². The van der Waals surface area contributed by atoms with Gasteiger partial charge in [0.05, 0.1) is 12.6 Å². The Hall–Kier alpha value is -0.590. The van der Waals surface area contributed by atoms with E-state index in [0.29, 0.717) is 6.54 Å². The van der Waals surface area contributed by atoms with Crippen molar-refractivity contribution in [2.45, 2.75) is 25.3 Å². The van der Waals surface area contributed by atoms with Crippen LogP contribution in [-0.4, -0.2) is 48.6 Å². The number of fused-ring (bicyclic) bond motifs is 1. The summed E-state index contributed by atoms with van der Waals surface area (Å²) < 4.78 is 0.